The molecule has 0 spiro atoms. The van der Waals surface area contributed by atoms with Crippen molar-refractivity contribution in [2.45, 2.75) is 19.3 Å². The highest BCUT2D eigenvalue weighted by molar-refractivity contribution is 14.1. The molecule has 18 heavy (non-hydrogen) atoms. The number of carbonyl (C=O) groups excluding carboxylic acids is 1. The minimum Gasteiger partial charge on any atom is -0.461 e. The maximum absolute atomic E-state index is 13.4. The average molecular weight is 366 g/mol. The van der Waals surface area contributed by atoms with Gasteiger partial charge in [0.25, 0.3) is 0 Å². The van der Waals surface area contributed by atoms with Crippen molar-refractivity contribution in [1.82, 2.24) is 0 Å². The van der Waals surface area contributed by atoms with E-state index in [1.54, 1.807) is 22.6 Å². The second kappa shape index (κ2) is 6.82. The van der Waals surface area contributed by atoms with Crippen LogP contribution in [0.1, 0.15) is 12.5 Å². The molecule has 0 atom stereocenters. The van der Waals surface area contributed by atoms with E-state index in [1.807, 2.05) is 30.3 Å². The highest BCUT2D eigenvalue weighted by Crippen LogP contribution is 2.24. The van der Waals surface area contributed by atoms with Gasteiger partial charge in [-0.05, 0) is 38.7 Å². The number of rotatable bonds is 5. The van der Waals surface area contributed by atoms with Crippen molar-refractivity contribution in [3.05, 3.63) is 45.6 Å². The minimum absolute atomic E-state index is 0.0580. The lowest BCUT2D eigenvalue weighted by atomic mass is 10.1. The fourth-order valence-corrected chi connectivity index (χ4v) is 2.16. The zero-order chi connectivity index (χ0) is 13.6. The normalized spacial score (nSPS) is 12.3. The highest BCUT2D eigenvalue weighted by Gasteiger charge is 2.38. The molecule has 0 N–H and O–H groups in total. The van der Waals surface area contributed by atoms with E-state index < -0.39 is 11.9 Å². The van der Waals surface area contributed by atoms with Gasteiger partial charge < -0.3 is 4.74 Å². The van der Waals surface area contributed by atoms with Crippen molar-refractivity contribution in [3.63, 3.8) is 0 Å². The summed E-state index contributed by atoms with van der Waals surface area (Å²) in [4.78, 5) is 11.0. The smallest absolute Gasteiger partial charge is 0.381 e. The van der Waals surface area contributed by atoms with Crippen LogP contribution in [0, 0.1) is 0 Å². The molecule has 0 bridgehead atoms. The van der Waals surface area contributed by atoms with E-state index in [1.165, 1.54) is 6.92 Å². The molecule has 1 aromatic carbocycles. The monoisotopic (exact) mass is 366 g/mol. The number of ether oxygens (including phenoxy) is 1. The summed E-state index contributed by atoms with van der Waals surface area (Å²) in [7, 11) is 0. The molecule has 0 fully saturated rings. The Morgan fingerprint density at radius 3 is 2.56 bits per heavy atom. The van der Waals surface area contributed by atoms with Gasteiger partial charge in [0, 0.05) is 12.5 Å². The fourth-order valence-electron chi connectivity index (χ4n) is 1.32. The number of halogens is 3. The Kier molecular flexibility index (Phi) is 5.71. The SMILES string of the molecule is CCOC(=O)C(F)(F)C=C(I)Cc1ccccc1. The third-order valence-corrected chi connectivity index (χ3v) is 2.79. The first kappa shape index (κ1) is 15.1. The first-order chi connectivity index (χ1) is 8.45. The van der Waals surface area contributed by atoms with Gasteiger partial charge >= 0.3 is 11.9 Å². The molecular formula is C13H13F2IO2. The molecule has 98 valence electrons. The Morgan fingerprint density at radius 1 is 1.39 bits per heavy atom. The summed E-state index contributed by atoms with van der Waals surface area (Å²) in [5.41, 5.74) is 0.915. The van der Waals surface area contributed by atoms with Crippen molar-refractivity contribution in [2.24, 2.45) is 0 Å². The summed E-state index contributed by atoms with van der Waals surface area (Å²) < 4.78 is 31.5. The first-order valence-corrected chi connectivity index (χ1v) is 6.49. The average Bonchev–Trinajstić information content (AvgIpc) is 2.29. The molecule has 0 aliphatic heterocycles. The summed E-state index contributed by atoms with van der Waals surface area (Å²) in [6, 6.07) is 9.21. The molecule has 0 saturated heterocycles. The topological polar surface area (TPSA) is 26.3 Å². The summed E-state index contributed by atoms with van der Waals surface area (Å²) >= 11 is 1.81. The predicted octanol–water partition coefficient (Wildman–Crippen LogP) is 3.75. The molecule has 2 nitrogen and oxygen atoms in total. The van der Waals surface area contributed by atoms with E-state index in [9.17, 15) is 13.6 Å². The van der Waals surface area contributed by atoms with Crippen LogP contribution in [0.25, 0.3) is 0 Å². The number of carbonyl (C=O) groups is 1. The van der Waals surface area contributed by atoms with Crippen LogP contribution in [0.3, 0.4) is 0 Å². The van der Waals surface area contributed by atoms with Gasteiger partial charge in [-0.3, -0.25) is 0 Å². The Bertz CT molecular complexity index is 430. The van der Waals surface area contributed by atoms with E-state index >= 15 is 0 Å². The van der Waals surface area contributed by atoms with Gasteiger partial charge in [0.15, 0.2) is 0 Å². The van der Waals surface area contributed by atoms with Gasteiger partial charge in [-0.2, -0.15) is 8.78 Å². The van der Waals surface area contributed by atoms with Crippen molar-refractivity contribution >= 4 is 28.6 Å². The van der Waals surface area contributed by atoms with Gasteiger partial charge in [0.2, 0.25) is 0 Å². The van der Waals surface area contributed by atoms with E-state index in [0.717, 1.165) is 5.56 Å². The van der Waals surface area contributed by atoms with Gasteiger partial charge in [0.05, 0.1) is 6.61 Å². The van der Waals surface area contributed by atoms with Crippen LogP contribution in [-0.4, -0.2) is 18.5 Å². The number of hydrogen-bond donors (Lipinski definition) is 0. The molecule has 0 saturated carbocycles. The minimum atomic E-state index is -3.57. The molecule has 0 aliphatic rings. The van der Waals surface area contributed by atoms with Gasteiger partial charge in [-0.25, -0.2) is 4.79 Å². The van der Waals surface area contributed by atoms with Crippen LogP contribution in [0.5, 0.6) is 0 Å². The molecule has 1 aromatic rings. The fraction of sp³-hybridized carbons (Fsp3) is 0.308. The second-order valence-electron chi connectivity index (χ2n) is 3.60. The van der Waals surface area contributed by atoms with Crippen LogP contribution in [0.2, 0.25) is 0 Å². The molecule has 1 rings (SSSR count). The molecular weight excluding hydrogens is 353 g/mol. The van der Waals surface area contributed by atoms with Gasteiger partial charge in [0.1, 0.15) is 0 Å². The van der Waals surface area contributed by atoms with Crippen LogP contribution in [0.4, 0.5) is 8.78 Å². The maximum atomic E-state index is 13.4. The summed E-state index contributed by atoms with van der Waals surface area (Å²) in [5.74, 6) is -5.08. The Balaban J connectivity index is 2.73. The number of hydrogen-bond acceptors (Lipinski definition) is 2. The molecule has 0 unspecified atom stereocenters. The number of benzene rings is 1. The lowest BCUT2D eigenvalue weighted by Crippen LogP contribution is -2.28. The Labute approximate surface area is 118 Å². The Morgan fingerprint density at radius 2 is 2.00 bits per heavy atom. The number of esters is 1. The molecule has 0 radical (unpaired) electrons. The molecule has 0 heterocycles. The summed E-state index contributed by atoms with van der Waals surface area (Å²) in [6.45, 7) is 1.43. The lowest BCUT2D eigenvalue weighted by molar-refractivity contribution is -0.164. The summed E-state index contributed by atoms with van der Waals surface area (Å²) in [6.07, 6.45) is 1.02. The highest BCUT2D eigenvalue weighted by atomic mass is 127. The zero-order valence-electron chi connectivity index (χ0n) is 9.83. The quantitative estimate of drug-likeness (QED) is 0.586. The number of allylic oxidation sites excluding steroid dienone is 1. The predicted molar refractivity (Wildman–Crippen MR) is 73.8 cm³/mol. The first-order valence-electron chi connectivity index (χ1n) is 5.42. The van der Waals surface area contributed by atoms with Crippen LogP contribution in [0.15, 0.2) is 40.0 Å². The van der Waals surface area contributed by atoms with Crippen molar-refractivity contribution in [2.75, 3.05) is 6.61 Å². The molecule has 0 amide bonds. The van der Waals surface area contributed by atoms with E-state index in [4.69, 9.17) is 0 Å². The van der Waals surface area contributed by atoms with Crippen LogP contribution < -0.4 is 0 Å². The van der Waals surface area contributed by atoms with E-state index in [0.29, 0.717) is 16.1 Å². The van der Waals surface area contributed by atoms with Crippen molar-refractivity contribution < 1.29 is 18.3 Å². The number of alkyl halides is 2. The molecule has 0 aromatic heterocycles. The van der Waals surface area contributed by atoms with Crippen molar-refractivity contribution in [1.29, 1.82) is 0 Å². The van der Waals surface area contributed by atoms with Crippen LogP contribution in [-0.2, 0) is 16.0 Å². The lowest BCUT2D eigenvalue weighted by Gasteiger charge is -2.11. The van der Waals surface area contributed by atoms with E-state index in [2.05, 4.69) is 4.74 Å². The van der Waals surface area contributed by atoms with Crippen LogP contribution >= 0.6 is 22.6 Å². The molecule has 0 aliphatic carbocycles. The largest absolute Gasteiger partial charge is 0.461 e. The van der Waals surface area contributed by atoms with Gasteiger partial charge in [-0.15, -0.1) is 0 Å². The van der Waals surface area contributed by atoms with Gasteiger partial charge in [-0.1, -0.05) is 30.3 Å². The van der Waals surface area contributed by atoms with Crippen molar-refractivity contribution in [3.8, 4) is 0 Å². The zero-order valence-corrected chi connectivity index (χ0v) is 12.0. The second-order valence-corrected chi connectivity index (χ2v) is 4.98. The Hall–Kier alpha value is -0.980. The third-order valence-electron chi connectivity index (χ3n) is 2.10. The van der Waals surface area contributed by atoms with E-state index in [-0.39, 0.29) is 6.61 Å². The standard InChI is InChI=1S/C13H13F2IO2/c1-2-18-12(17)13(14,15)9-11(16)8-10-6-4-3-5-7-10/h3-7,9H,2,8H2,1H3. The maximum Gasteiger partial charge on any atom is 0.381 e. The third kappa shape index (κ3) is 4.72. The molecule has 5 heteroatoms. The summed E-state index contributed by atoms with van der Waals surface area (Å²) in [5, 5.41) is 0.